The number of halogens is 1. The zero-order chi connectivity index (χ0) is 14.4. The van der Waals surface area contributed by atoms with Gasteiger partial charge in [-0.15, -0.1) is 12.4 Å². The molecule has 7 heteroatoms. The summed E-state index contributed by atoms with van der Waals surface area (Å²) in [5.41, 5.74) is 8.40. The van der Waals surface area contributed by atoms with E-state index >= 15 is 0 Å². The highest BCUT2D eigenvalue weighted by Gasteiger charge is 2.31. The molecule has 0 aromatic carbocycles. The van der Waals surface area contributed by atoms with Crippen LogP contribution in [0, 0.1) is 5.92 Å². The number of rotatable bonds is 1. The lowest BCUT2D eigenvalue weighted by Crippen LogP contribution is -2.44. The molecule has 0 amide bonds. The quantitative estimate of drug-likeness (QED) is 0.819. The Labute approximate surface area is 134 Å². The summed E-state index contributed by atoms with van der Waals surface area (Å²) < 4.78 is 1.93. The molecule has 3 N–H and O–H groups in total. The minimum atomic E-state index is 0. The monoisotopic (exact) mass is 319 g/mol. The van der Waals surface area contributed by atoms with Crippen molar-refractivity contribution < 1.29 is 0 Å². The van der Waals surface area contributed by atoms with Gasteiger partial charge in [-0.1, -0.05) is 0 Å². The molecule has 0 saturated carbocycles. The second kappa shape index (κ2) is 5.70. The number of fused-ring (bicyclic) bond motifs is 4. The molecule has 0 aliphatic carbocycles. The molecule has 4 rings (SSSR count). The average molecular weight is 320 g/mol. The molecule has 2 atom stereocenters. The highest BCUT2D eigenvalue weighted by Crippen LogP contribution is 2.33. The van der Waals surface area contributed by atoms with Crippen molar-refractivity contribution in [1.29, 1.82) is 0 Å². The third-order valence-corrected chi connectivity index (χ3v) is 4.47. The van der Waals surface area contributed by atoms with E-state index in [9.17, 15) is 4.79 Å². The molecule has 0 unspecified atom stereocenters. The summed E-state index contributed by atoms with van der Waals surface area (Å²) in [6, 6.07) is 3.77. The fraction of sp³-hybridized carbons (Fsp3) is 0.400. The van der Waals surface area contributed by atoms with E-state index in [2.05, 4.69) is 21.4 Å². The molecule has 2 aliphatic heterocycles. The van der Waals surface area contributed by atoms with Gasteiger partial charge in [0.25, 0.3) is 5.56 Å². The van der Waals surface area contributed by atoms with Gasteiger partial charge in [-0.25, -0.2) is 9.97 Å². The molecule has 0 spiro atoms. The van der Waals surface area contributed by atoms with Crippen LogP contribution in [0.2, 0.25) is 0 Å². The SMILES string of the molecule is Cl.Nc1ncc(-c2cc3n(c(=O)c2)C[C@@H]2CNC[C@H]3C2)cn1. The lowest BCUT2D eigenvalue weighted by atomic mass is 9.83. The second-order valence-corrected chi connectivity index (χ2v) is 5.90. The fourth-order valence-electron chi connectivity index (χ4n) is 3.46. The number of anilines is 1. The van der Waals surface area contributed by atoms with Gasteiger partial charge in [-0.2, -0.15) is 0 Å². The number of hydrogen-bond acceptors (Lipinski definition) is 5. The molecule has 22 heavy (non-hydrogen) atoms. The van der Waals surface area contributed by atoms with E-state index in [0.29, 0.717) is 11.8 Å². The van der Waals surface area contributed by atoms with Gasteiger partial charge in [0, 0.05) is 48.7 Å². The van der Waals surface area contributed by atoms with Gasteiger partial charge in [0.1, 0.15) is 0 Å². The summed E-state index contributed by atoms with van der Waals surface area (Å²) in [5.74, 6) is 1.23. The number of aromatic nitrogens is 3. The number of pyridine rings is 1. The van der Waals surface area contributed by atoms with Gasteiger partial charge in [-0.05, 0) is 30.5 Å². The molecular formula is C15H18ClN5O. The van der Waals surface area contributed by atoms with E-state index in [0.717, 1.165) is 42.9 Å². The number of hydrogen-bond donors (Lipinski definition) is 2. The van der Waals surface area contributed by atoms with Crippen molar-refractivity contribution >= 4 is 18.4 Å². The number of nitrogen functional groups attached to an aromatic ring is 1. The van der Waals surface area contributed by atoms with Gasteiger partial charge in [0.05, 0.1) is 0 Å². The Bertz CT molecular complexity index is 743. The molecule has 2 aliphatic rings. The Morgan fingerprint density at radius 3 is 2.73 bits per heavy atom. The van der Waals surface area contributed by atoms with Gasteiger partial charge in [0.2, 0.25) is 5.95 Å². The fourth-order valence-corrected chi connectivity index (χ4v) is 3.46. The van der Waals surface area contributed by atoms with Crippen LogP contribution < -0.4 is 16.6 Å². The van der Waals surface area contributed by atoms with E-state index in [4.69, 9.17) is 5.73 Å². The van der Waals surface area contributed by atoms with Crippen LogP contribution in [0.5, 0.6) is 0 Å². The van der Waals surface area contributed by atoms with E-state index in [1.165, 1.54) is 0 Å². The molecule has 1 saturated heterocycles. The van der Waals surface area contributed by atoms with Gasteiger partial charge in [-0.3, -0.25) is 4.79 Å². The first kappa shape index (κ1) is 15.0. The predicted molar refractivity (Wildman–Crippen MR) is 87.1 cm³/mol. The van der Waals surface area contributed by atoms with E-state index in [1.54, 1.807) is 18.5 Å². The number of nitrogens with one attached hydrogen (secondary N) is 1. The Morgan fingerprint density at radius 1 is 1.18 bits per heavy atom. The second-order valence-electron chi connectivity index (χ2n) is 5.90. The van der Waals surface area contributed by atoms with Crippen molar-refractivity contribution in [2.45, 2.75) is 18.9 Å². The summed E-state index contributed by atoms with van der Waals surface area (Å²) in [4.78, 5) is 20.4. The Balaban J connectivity index is 0.00000144. The normalized spacial score (nSPS) is 22.5. The van der Waals surface area contributed by atoms with Crippen LogP contribution >= 0.6 is 12.4 Å². The highest BCUT2D eigenvalue weighted by molar-refractivity contribution is 5.85. The van der Waals surface area contributed by atoms with Crippen molar-refractivity contribution in [2.24, 2.45) is 5.92 Å². The van der Waals surface area contributed by atoms with Crippen molar-refractivity contribution in [2.75, 3.05) is 18.8 Å². The van der Waals surface area contributed by atoms with Gasteiger partial charge < -0.3 is 15.6 Å². The lowest BCUT2D eigenvalue weighted by Gasteiger charge is -2.37. The van der Waals surface area contributed by atoms with Crippen LogP contribution in [0.15, 0.2) is 29.3 Å². The maximum Gasteiger partial charge on any atom is 0.251 e. The Kier molecular flexibility index (Phi) is 3.88. The van der Waals surface area contributed by atoms with Crippen LogP contribution in [0.1, 0.15) is 18.0 Å². The van der Waals surface area contributed by atoms with E-state index < -0.39 is 0 Å². The van der Waals surface area contributed by atoms with Gasteiger partial charge in [0.15, 0.2) is 0 Å². The number of nitrogens with zero attached hydrogens (tertiary/aromatic N) is 3. The number of nitrogens with two attached hydrogens (primary N) is 1. The number of piperidine rings is 1. The molecular weight excluding hydrogens is 302 g/mol. The molecule has 0 radical (unpaired) electrons. The zero-order valence-corrected chi connectivity index (χ0v) is 12.8. The largest absolute Gasteiger partial charge is 0.368 e. The van der Waals surface area contributed by atoms with Crippen LogP contribution in [-0.4, -0.2) is 27.6 Å². The molecule has 1 fully saturated rings. The van der Waals surface area contributed by atoms with Crippen LogP contribution in [0.25, 0.3) is 11.1 Å². The first-order chi connectivity index (χ1) is 10.2. The topological polar surface area (TPSA) is 85.8 Å². The minimum absolute atomic E-state index is 0. The molecule has 2 aromatic heterocycles. The van der Waals surface area contributed by atoms with Crippen LogP contribution in [0.4, 0.5) is 5.95 Å². The summed E-state index contributed by atoms with van der Waals surface area (Å²) in [6.07, 6.45) is 4.49. The van der Waals surface area contributed by atoms with Crippen LogP contribution in [-0.2, 0) is 6.54 Å². The van der Waals surface area contributed by atoms with E-state index in [1.807, 2.05) is 4.57 Å². The zero-order valence-electron chi connectivity index (χ0n) is 12.0. The maximum atomic E-state index is 12.4. The Morgan fingerprint density at radius 2 is 1.95 bits per heavy atom. The average Bonchev–Trinajstić information content (AvgIpc) is 2.49. The van der Waals surface area contributed by atoms with Crippen molar-refractivity contribution in [3.8, 4) is 11.1 Å². The first-order valence-electron chi connectivity index (χ1n) is 7.24. The van der Waals surface area contributed by atoms with Crippen LogP contribution in [0.3, 0.4) is 0 Å². The smallest absolute Gasteiger partial charge is 0.251 e. The molecule has 116 valence electrons. The third-order valence-electron chi connectivity index (χ3n) is 4.47. The lowest BCUT2D eigenvalue weighted by molar-refractivity contribution is 0.257. The molecule has 6 nitrogen and oxygen atoms in total. The third kappa shape index (κ3) is 2.48. The standard InChI is InChI=1S/C15H17N5O.ClH/c16-15-18-6-12(7-19-15)10-2-13-11-1-9(4-17-5-11)8-20(13)14(21)3-10;/h2-3,6-7,9,11,17H,1,4-5,8H2,(H2,16,18,19);1H/t9-,11+;/m0./s1. The summed E-state index contributed by atoms with van der Waals surface area (Å²) in [6.45, 7) is 2.77. The van der Waals surface area contributed by atoms with Crippen molar-refractivity contribution in [3.63, 3.8) is 0 Å². The minimum Gasteiger partial charge on any atom is -0.368 e. The highest BCUT2D eigenvalue weighted by atomic mass is 35.5. The van der Waals surface area contributed by atoms with Crippen molar-refractivity contribution in [3.05, 3.63) is 40.6 Å². The Hall–Kier alpha value is -1.92. The molecule has 4 heterocycles. The molecule has 2 aromatic rings. The summed E-state index contributed by atoms with van der Waals surface area (Å²) in [5, 5.41) is 3.46. The van der Waals surface area contributed by atoms with Gasteiger partial charge >= 0.3 is 0 Å². The summed E-state index contributed by atoms with van der Waals surface area (Å²) in [7, 11) is 0. The predicted octanol–water partition coefficient (Wildman–Crippen LogP) is 1.02. The first-order valence-corrected chi connectivity index (χ1v) is 7.24. The van der Waals surface area contributed by atoms with Crippen molar-refractivity contribution in [1.82, 2.24) is 19.9 Å². The molecule has 2 bridgehead atoms. The maximum absolute atomic E-state index is 12.4. The van der Waals surface area contributed by atoms with E-state index in [-0.39, 0.29) is 23.9 Å². The summed E-state index contributed by atoms with van der Waals surface area (Å²) >= 11 is 0.